The highest BCUT2D eigenvalue weighted by Gasteiger charge is 2.31. The van der Waals surface area contributed by atoms with Crippen LogP contribution in [0.25, 0.3) is 0 Å². The third kappa shape index (κ3) is 6.95. The molecule has 1 N–H and O–H groups in total. The number of nitrogens with one attached hydrogen (secondary N) is 1. The van der Waals surface area contributed by atoms with Crippen LogP contribution in [0.3, 0.4) is 0 Å². The SMILES string of the molecule is C\C=C/C(=C\C=C\CN=C1CN=C2N=C(C)CC(OCC(=O)OC)N2N1)C(C)(C)C. The van der Waals surface area contributed by atoms with E-state index in [9.17, 15) is 4.79 Å². The molecule has 2 rings (SSSR count). The van der Waals surface area contributed by atoms with Crippen molar-refractivity contribution in [1.29, 1.82) is 0 Å². The van der Waals surface area contributed by atoms with E-state index in [-0.39, 0.29) is 12.0 Å². The van der Waals surface area contributed by atoms with Gasteiger partial charge in [-0.1, -0.05) is 51.2 Å². The summed E-state index contributed by atoms with van der Waals surface area (Å²) in [7, 11) is 1.34. The van der Waals surface area contributed by atoms with Crippen molar-refractivity contribution in [2.24, 2.45) is 20.4 Å². The first-order valence-electron chi connectivity index (χ1n) is 10.1. The normalized spacial score (nSPS) is 21.5. The van der Waals surface area contributed by atoms with Gasteiger partial charge >= 0.3 is 5.97 Å². The summed E-state index contributed by atoms with van der Waals surface area (Å²) in [6, 6.07) is 0. The van der Waals surface area contributed by atoms with Crippen LogP contribution in [-0.2, 0) is 14.3 Å². The molecule has 0 saturated carbocycles. The number of rotatable bonds is 7. The van der Waals surface area contributed by atoms with Gasteiger partial charge < -0.3 is 9.47 Å². The zero-order valence-corrected chi connectivity index (χ0v) is 18.8. The van der Waals surface area contributed by atoms with E-state index in [1.807, 2.05) is 32.1 Å². The van der Waals surface area contributed by atoms with E-state index < -0.39 is 12.2 Å². The van der Waals surface area contributed by atoms with Gasteiger partial charge in [-0.3, -0.25) is 10.4 Å². The first kappa shape index (κ1) is 23.5. The number of allylic oxidation sites excluding steroid dienone is 5. The maximum atomic E-state index is 11.4. The highest BCUT2D eigenvalue weighted by atomic mass is 16.6. The van der Waals surface area contributed by atoms with Crippen molar-refractivity contribution in [2.75, 3.05) is 26.8 Å². The van der Waals surface area contributed by atoms with Crippen LogP contribution in [-0.4, -0.2) is 61.5 Å². The second-order valence-electron chi connectivity index (χ2n) is 8.08. The van der Waals surface area contributed by atoms with Crippen LogP contribution in [0.2, 0.25) is 0 Å². The smallest absolute Gasteiger partial charge is 0.331 e. The van der Waals surface area contributed by atoms with E-state index in [0.29, 0.717) is 25.5 Å². The summed E-state index contributed by atoms with van der Waals surface area (Å²) in [5.74, 6) is 0.829. The summed E-state index contributed by atoms with van der Waals surface area (Å²) < 4.78 is 10.3. The van der Waals surface area contributed by atoms with Crippen LogP contribution in [0, 0.1) is 5.41 Å². The summed E-state index contributed by atoms with van der Waals surface area (Å²) in [6.45, 7) is 11.3. The minimum Gasteiger partial charge on any atom is -0.467 e. The molecule has 0 aromatic carbocycles. The predicted octanol–water partition coefficient (Wildman–Crippen LogP) is 3.05. The van der Waals surface area contributed by atoms with Crippen molar-refractivity contribution in [3.63, 3.8) is 0 Å². The number of fused-ring (bicyclic) bond motifs is 1. The Morgan fingerprint density at radius 2 is 2.17 bits per heavy atom. The lowest BCUT2D eigenvalue weighted by atomic mass is 9.86. The molecule has 2 aliphatic rings. The Hall–Kier alpha value is -2.74. The van der Waals surface area contributed by atoms with E-state index in [1.165, 1.54) is 12.7 Å². The first-order chi connectivity index (χ1) is 14.2. The maximum absolute atomic E-state index is 11.4. The second-order valence-corrected chi connectivity index (χ2v) is 8.08. The molecule has 0 radical (unpaired) electrons. The van der Waals surface area contributed by atoms with E-state index >= 15 is 0 Å². The summed E-state index contributed by atoms with van der Waals surface area (Å²) in [6.07, 6.45) is 10.5. The number of aliphatic imine (C=N–C) groups is 3. The van der Waals surface area contributed by atoms with Gasteiger partial charge in [0.1, 0.15) is 19.0 Å². The third-order valence-corrected chi connectivity index (χ3v) is 4.52. The molecule has 0 saturated heterocycles. The molecule has 0 aromatic heterocycles. The van der Waals surface area contributed by atoms with Crippen LogP contribution < -0.4 is 5.43 Å². The number of hydrogen-bond donors (Lipinski definition) is 1. The quantitative estimate of drug-likeness (QED) is 0.510. The lowest BCUT2D eigenvalue weighted by Crippen LogP contribution is -2.58. The van der Waals surface area contributed by atoms with Crippen molar-refractivity contribution >= 4 is 23.5 Å². The number of nitrogens with zero attached hydrogens (tertiary/aromatic N) is 4. The molecule has 8 heteroatoms. The van der Waals surface area contributed by atoms with E-state index in [1.54, 1.807) is 5.01 Å². The van der Waals surface area contributed by atoms with Crippen LogP contribution in [0.5, 0.6) is 0 Å². The van der Waals surface area contributed by atoms with Crippen molar-refractivity contribution < 1.29 is 14.3 Å². The van der Waals surface area contributed by atoms with Gasteiger partial charge in [-0.05, 0) is 24.8 Å². The zero-order valence-electron chi connectivity index (χ0n) is 18.8. The topological polar surface area (TPSA) is 87.9 Å². The minimum absolute atomic E-state index is 0.0882. The average molecular weight is 416 g/mol. The molecule has 2 aliphatic heterocycles. The molecule has 0 spiro atoms. The largest absolute Gasteiger partial charge is 0.467 e. The van der Waals surface area contributed by atoms with Crippen LogP contribution >= 0.6 is 0 Å². The van der Waals surface area contributed by atoms with Crippen molar-refractivity contribution in [1.82, 2.24) is 10.4 Å². The number of carbonyl (C=O) groups excluding carboxylic acids is 1. The monoisotopic (exact) mass is 415 g/mol. The molecule has 0 aliphatic carbocycles. The molecule has 1 atom stereocenters. The minimum atomic E-state index is -0.426. The molecule has 0 bridgehead atoms. The number of esters is 1. The predicted molar refractivity (Wildman–Crippen MR) is 121 cm³/mol. The van der Waals surface area contributed by atoms with E-state index in [4.69, 9.17) is 4.74 Å². The molecule has 2 heterocycles. The van der Waals surface area contributed by atoms with Gasteiger partial charge in [-0.2, -0.15) is 0 Å². The summed E-state index contributed by atoms with van der Waals surface area (Å²) in [4.78, 5) is 24.9. The lowest BCUT2D eigenvalue weighted by molar-refractivity contribution is -0.151. The van der Waals surface area contributed by atoms with Crippen molar-refractivity contribution in [3.05, 3.63) is 36.0 Å². The number of methoxy groups -OCH3 is 1. The second kappa shape index (κ2) is 10.9. The standard InChI is InChI=1S/C22H33N5O3/c1-7-10-17(22(3,4)5)11-8-9-12-23-18-14-24-21-25-16(2)13-19(27(21)26-18)30-15-20(28)29-6/h7-11,19H,12-15H2,1-6H3,(H,23,26)/b9-8+,10-7-,17-11+. The van der Waals surface area contributed by atoms with Crippen LogP contribution in [0.15, 0.2) is 50.9 Å². The number of ether oxygens (including phenoxy) is 2. The molecular formula is C22H33N5O3. The van der Waals surface area contributed by atoms with Crippen LogP contribution in [0.1, 0.15) is 41.0 Å². The van der Waals surface area contributed by atoms with Crippen LogP contribution in [0.4, 0.5) is 0 Å². The Morgan fingerprint density at radius 3 is 2.83 bits per heavy atom. The van der Waals surface area contributed by atoms with Crippen molar-refractivity contribution in [3.8, 4) is 0 Å². The number of hydrazine groups is 1. The number of amidine groups is 1. The Labute approximate surface area is 179 Å². The third-order valence-electron chi connectivity index (χ3n) is 4.52. The molecule has 8 nitrogen and oxygen atoms in total. The van der Waals surface area contributed by atoms with E-state index in [2.05, 4.69) is 58.1 Å². The Bertz CT molecular complexity index is 800. The van der Waals surface area contributed by atoms with E-state index in [0.717, 1.165) is 11.5 Å². The summed E-state index contributed by atoms with van der Waals surface area (Å²) in [5, 5.41) is 1.71. The molecule has 0 amide bonds. The highest BCUT2D eigenvalue weighted by molar-refractivity contribution is 6.02. The first-order valence-corrected chi connectivity index (χ1v) is 10.1. The molecule has 1 unspecified atom stereocenters. The molecular weight excluding hydrogens is 382 g/mol. The van der Waals surface area contributed by atoms with Gasteiger partial charge in [0.25, 0.3) is 0 Å². The number of carbonyl (C=O) groups is 1. The summed E-state index contributed by atoms with van der Waals surface area (Å²) in [5.41, 5.74) is 5.46. The van der Waals surface area contributed by atoms with Gasteiger partial charge in [0.15, 0.2) is 6.23 Å². The zero-order chi connectivity index (χ0) is 22.1. The number of hydrogen-bond acceptors (Lipinski definition) is 7. The fourth-order valence-corrected chi connectivity index (χ4v) is 2.87. The number of guanidine groups is 1. The fraction of sp³-hybridized carbons (Fsp3) is 0.545. The van der Waals surface area contributed by atoms with Gasteiger partial charge in [0.05, 0.1) is 13.7 Å². The highest BCUT2D eigenvalue weighted by Crippen LogP contribution is 2.26. The molecule has 164 valence electrons. The van der Waals surface area contributed by atoms with Crippen molar-refractivity contribution in [2.45, 2.75) is 47.3 Å². The Kier molecular flexibility index (Phi) is 8.53. The Balaban J connectivity index is 2.02. The maximum Gasteiger partial charge on any atom is 0.331 e. The molecule has 30 heavy (non-hydrogen) atoms. The lowest BCUT2D eigenvalue weighted by Gasteiger charge is -2.38. The Morgan fingerprint density at radius 1 is 1.40 bits per heavy atom. The molecule has 0 fully saturated rings. The summed E-state index contributed by atoms with van der Waals surface area (Å²) >= 11 is 0. The molecule has 0 aromatic rings. The fourth-order valence-electron chi connectivity index (χ4n) is 2.87. The van der Waals surface area contributed by atoms with Gasteiger partial charge in [-0.15, -0.1) is 0 Å². The van der Waals surface area contributed by atoms with Gasteiger partial charge in [0.2, 0.25) is 5.96 Å². The van der Waals surface area contributed by atoms with Gasteiger partial charge in [0, 0.05) is 12.1 Å². The average Bonchev–Trinajstić information content (AvgIpc) is 2.70. The van der Waals surface area contributed by atoms with Gasteiger partial charge in [-0.25, -0.2) is 19.8 Å².